The summed E-state index contributed by atoms with van der Waals surface area (Å²) in [5.74, 6) is 1.40. The standard InChI is InChI=1S/C16H28N4O2/c1-11(2)9-20-10-14(8-18-20)19-16(21)17-7-13-5-6-22-15(13)12(3)4/h8,10-13,15H,5-7,9H2,1-4H3,(H2,17,19,21). The summed E-state index contributed by atoms with van der Waals surface area (Å²) in [7, 11) is 0. The van der Waals surface area contributed by atoms with Crippen LogP contribution in [-0.2, 0) is 11.3 Å². The van der Waals surface area contributed by atoms with Crippen LogP contribution in [0.1, 0.15) is 34.1 Å². The average molecular weight is 308 g/mol. The monoisotopic (exact) mass is 308 g/mol. The Hall–Kier alpha value is -1.56. The lowest BCUT2D eigenvalue weighted by molar-refractivity contribution is 0.0546. The molecule has 1 aliphatic heterocycles. The van der Waals surface area contributed by atoms with Gasteiger partial charge >= 0.3 is 6.03 Å². The number of rotatable bonds is 6. The van der Waals surface area contributed by atoms with E-state index >= 15 is 0 Å². The fraction of sp³-hybridized carbons (Fsp3) is 0.750. The Labute approximate surface area is 132 Å². The van der Waals surface area contributed by atoms with E-state index in [1.807, 2.05) is 10.9 Å². The van der Waals surface area contributed by atoms with Crippen molar-refractivity contribution in [3.63, 3.8) is 0 Å². The molecule has 2 rings (SSSR count). The fourth-order valence-corrected chi connectivity index (χ4v) is 2.91. The molecule has 2 N–H and O–H groups in total. The van der Waals surface area contributed by atoms with Crippen molar-refractivity contribution in [3.8, 4) is 0 Å². The molecule has 1 aliphatic rings. The van der Waals surface area contributed by atoms with Crippen molar-refractivity contribution in [2.45, 2.75) is 46.8 Å². The Morgan fingerprint density at radius 3 is 2.91 bits per heavy atom. The van der Waals surface area contributed by atoms with Gasteiger partial charge in [0, 0.05) is 31.8 Å². The smallest absolute Gasteiger partial charge is 0.319 e. The molecule has 124 valence electrons. The Balaban J connectivity index is 1.77. The second-order valence-electron chi connectivity index (χ2n) is 6.81. The molecule has 1 fully saturated rings. The Morgan fingerprint density at radius 2 is 2.23 bits per heavy atom. The van der Waals surface area contributed by atoms with E-state index in [2.05, 4.69) is 43.4 Å². The molecular weight excluding hydrogens is 280 g/mol. The zero-order chi connectivity index (χ0) is 16.1. The van der Waals surface area contributed by atoms with Crippen LogP contribution in [0.3, 0.4) is 0 Å². The van der Waals surface area contributed by atoms with Crippen molar-refractivity contribution < 1.29 is 9.53 Å². The number of anilines is 1. The minimum atomic E-state index is -0.182. The molecule has 1 aromatic rings. The Kier molecular flexibility index (Phi) is 5.83. The second kappa shape index (κ2) is 7.63. The topological polar surface area (TPSA) is 68.2 Å². The van der Waals surface area contributed by atoms with Crippen molar-refractivity contribution in [3.05, 3.63) is 12.4 Å². The predicted molar refractivity (Wildman–Crippen MR) is 86.8 cm³/mol. The van der Waals surface area contributed by atoms with Crippen LogP contribution >= 0.6 is 0 Å². The van der Waals surface area contributed by atoms with Gasteiger partial charge in [-0.15, -0.1) is 0 Å². The predicted octanol–water partition coefficient (Wildman–Crippen LogP) is 2.72. The largest absolute Gasteiger partial charge is 0.378 e. The average Bonchev–Trinajstić information content (AvgIpc) is 3.05. The highest BCUT2D eigenvalue weighted by molar-refractivity contribution is 5.88. The fourth-order valence-electron chi connectivity index (χ4n) is 2.91. The first-order valence-corrected chi connectivity index (χ1v) is 8.14. The molecule has 1 aromatic heterocycles. The van der Waals surface area contributed by atoms with E-state index in [0.717, 1.165) is 25.3 Å². The van der Waals surface area contributed by atoms with Gasteiger partial charge in [-0.3, -0.25) is 4.68 Å². The van der Waals surface area contributed by atoms with Crippen LogP contribution in [0.2, 0.25) is 0 Å². The molecule has 0 radical (unpaired) electrons. The third-order valence-electron chi connectivity index (χ3n) is 3.89. The van der Waals surface area contributed by atoms with Crippen LogP contribution in [0.5, 0.6) is 0 Å². The van der Waals surface area contributed by atoms with E-state index in [0.29, 0.717) is 24.3 Å². The summed E-state index contributed by atoms with van der Waals surface area (Å²) in [5, 5.41) is 10.0. The number of amides is 2. The minimum Gasteiger partial charge on any atom is -0.378 e. The number of carbonyl (C=O) groups excluding carboxylic acids is 1. The van der Waals surface area contributed by atoms with Gasteiger partial charge in [-0.25, -0.2) is 4.79 Å². The van der Waals surface area contributed by atoms with Crippen LogP contribution < -0.4 is 10.6 Å². The molecule has 0 bridgehead atoms. The number of nitrogens with zero attached hydrogens (tertiary/aromatic N) is 2. The summed E-state index contributed by atoms with van der Waals surface area (Å²) < 4.78 is 7.58. The van der Waals surface area contributed by atoms with Crippen LogP contribution in [0.15, 0.2) is 12.4 Å². The van der Waals surface area contributed by atoms with Gasteiger partial charge in [0.2, 0.25) is 0 Å². The third-order valence-corrected chi connectivity index (χ3v) is 3.89. The second-order valence-corrected chi connectivity index (χ2v) is 6.81. The van der Waals surface area contributed by atoms with Crippen LogP contribution in [-0.4, -0.2) is 35.1 Å². The number of carbonyl (C=O) groups is 1. The number of urea groups is 1. The van der Waals surface area contributed by atoms with Crippen molar-refractivity contribution in [1.82, 2.24) is 15.1 Å². The maximum atomic E-state index is 12.0. The summed E-state index contributed by atoms with van der Waals surface area (Å²) in [6.07, 6.45) is 4.79. The van der Waals surface area contributed by atoms with Gasteiger partial charge in [0.05, 0.1) is 18.0 Å². The highest BCUT2D eigenvalue weighted by atomic mass is 16.5. The molecule has 2 atom stereocenters. The molecular formula is C16H28N4O2. The maximum absolute atomic E-state index is 12.0. The highest BCUT2D eigenvalue weighted by Gasteiger charge is 2.30. The lowest BCUT2D eigenvalue weighted by atomic mass is 9.93. The lowest BCUT2D eigenvalue weighted by Gasteiger charge is -2.22. The van der Waals surface area contributed by atoms with E-state index in [-0.39, 0.29) is 12.1 Å². The molecule has 0 aromatic carbocycles. The van der Waals surface area contributed by atoms with Gasteiger partial charge in [-0.2, -0.15) is 5.10 Å². The molecule has 22 heavy (non-hydrogen) atoms. The van der Waals surface area contributed by atoms with Crippen molar-refractivity contribution >= 4 is 11.7 Å². The zero-order valence-corrected chi connectivity index (χ0v) is 14.0. The van der Waals surface area contributed by atoms with E-state index in [1.54, 1.807) is 6.20 Å². The van der Waals surface area contributed by atoms with Gasteiger partial charge in [0.25, 0.3) is 0 Å². The number of ether oxygens (including phenoxy) is 1. The number of hydrogen-bond acceptors (Lipinski definition) is 3. The summed E-state index contributed by atoms with van der Waals surface area (Å²) in [6, 6.07) is -0.182. The molecule has 6 heteroatoms. The van der Waals surface area contributed by atoms with E-state index in [9.17, 15) is 4.79 Å². The van der Waals surface area contributed by atoms with Gasteiger partial charge in [-0.1, -0.05) is 27.7 Å². The molecule has 0 saturated carbocycles. The van der Waals surface area contributed by atoms with Crippen molar-refractivity contribution in [2.24, 2.45) is 17.8 Å². The van der Waals surface area contributed by atoms with Gasteiger partial charge in [-0.05, 0) is 18.3 Å². The molecule has 6 nitrogen and oxygen atoms in total. The molecule has 2 heterocycles. The normalized spacial score (nSPS) is 21.5. The first-order chi connectivity index (χ1) is 10.5. The van der Waals surface area contributed by atoms with E-state index in [4.69, 9.17) is 4.74 Å². The quantitative estimate of drug-likeness (QED) is 0.849. The zero-order valence-electron chi connectivity index (χ0n) is 14.0. The van der Waals surface area contributed by atoms with Crippen LogP contribution in [0.4, 0.5) is 10.5 Å². The summed E-state index contributed by atoms with van der Waals surface area (Å²) in [4.78, 5) is 12.0. The summed E-state index contributed by atoms with van der Waals surface area (Å²) in [6.45, 7) is 10.9. The SMILES string of the molecule is CC(C)Cn1cc(NC(=O)NCC2CCOC2C(C)C)cn1. The van der Waals surface area contributed by atoms with Crippen LogP contribution in [0.25, 0.3) is 0 Å². The summed E-state index contributed by atoms with van der Waals surface area (Å²) >= 11 is 0. The molecule has 0 spiro atoms. The van der Waals surface area contributed by atoms with Gasteiger partial charge < -0.3 is 15.4 Å². The Morgan fingerprint density at radius 1 is 1.45 bits per heavy atom. The third kappa shape index (κ3) is 4.73. The van der Waals surface area contributed by atoms with Gasteiger partial charge in [0.15, 0.2) is 0 Å². The lowest BCUT2D eigenvalue weighted by Crippen LogP contribution is -2.37. The Bertz CT molecular complexity index is 484. The number of nitrogens with one attached hydrogen (secondary N) is 2. The highest BCUT2D eigenvalue weighted by Crippen LogP contribution is 2.26. The number of aromatic nitrogens is 2. The van der Waals surface area contributed by atoms with Gasteiger partial charge in [0.1, 0.15) is 0 Å². The van der Waals surface area contributed by atoms with E-state index in [1.165, 1.54) is 0 Å². The van der Waals surface area contributed by atoms with E-state index < -0.39 is 0 Å². The van der Waals surface area contributed by atoms with Crippen molar-refractivity contribution in [1.29, 1.82) is 0 Å². The minimum absolute atomic E-state index is 0.182. The first kappa shape index (κ1) is 16.8. The molecule has 2 amide bonds. The number of hydrogen-bond donors (Lipinski definition) is 2. The first-order valence-electron chi connectivity index (χ1n) is 8.14. The maximum Gasteiger partial charge on any atom is 0.319 e. The molecule has 0 aliphatic carbocycles. The van der Waals surface area contributed by atoms with Crippen LogP contribution in [0, 0.1) is 17.8 Å². The summed E-state index contributed by atoms with van der Waals surface area (Å²) in [5.41, 5.74) is 0.723. The van der Waals surface area contributed by atoms with Crippen molar-refractivity contribution in [2.75, 3.05) is 18.5 Å². The molecule has 1 saturated heterocycles. The molecule has 2 unspecified atom stereocenters.